The Balaban J connectivity index is 1.80. The number of benzene rings is 2. The minimum atomic E-state index is -1.10. The van der Waals surface area contributed by atoms with E-state index >= 15 is 0 Å². The first-order valence-electron chi connectivity index (χ1n) is 7.99. The first kappa shape index (κ1) is 20.4. The van der Waals surface area contributed by atoms with Crippen LogP contribution >= 0.6 is 23.2 Å². The van der Waals surface area contributed by atoms with Crippen molar-refractivity contribution in [3.63, 3.8) is 0 Å². The Labute approximate surface area is 162 Å². The van der Waals surface area contributed by atoms with Crippen LogP contribution in [0.1, 0.15) is 12.5 Å². The van der Waals surface area contributed by atoms with Gasteiger partial charge in [0.15, 0.2) is 6.61 Å². The van der Waals surface area contributed by atoms with Crippen LogP contribution in [-0.2, 0) is 11.2 Å². The van der Waals surface area contributed by atoms with E-state index in [0.29, 0.717) is 22.2 Å². The molecule has 0 aliphatic heterocycles. The van der Waals surface area contributed by atoms with Crippen LogP contribution in [-0.4, -0.2) is 36.9 Å². The van der Waals surface area contributed by atoms with Gasteiger partial charge in [0, 0.05) is 18.0 Å². The summed E-state index contributed by atoms with van der Waals surface area (Å²) >= 11 is 11.8. The number of halogens is 2. The molecule has 1 amide bonds. The summed E-state index contributed by atoms with van der Waals surface area (Å²) in [6.45, 7) is 1.55. The fraction of sp³-hybridized carbons (Fsp3) is 0.316. The zero-order valence-corrected chi connectivity index (χ0v) is 16.1. The molecule has 0 aliphatic rings. The molecule has 0 heterocycles. The van der Waals surface area contributed by atoms with E-state index in [4.69, 9.17) is 32.7 Å². The van der Waals surface area contributed by atoms with Gasteiger partial charge in [-0.1, -0.05) is 35.3 Å². The number of nitrogens with one attached hydrogen (secondary N) is 1. The van der Waals surface area contributed by atoms with Crippen molar-refractivity contribution in [3.05, 3.63) is 58.1 Å². The van der Waals surface area contributed by atoms with E-state index < -0.39 is 5.60 Å². The average Bonchev–Trinajstić information content (AvgIpc) is 2.60. The largest absolute Gasteiger partial charge is 0.497 e. The van der Waals surface area contributed by atoms with Crippen LogP contribution in [0.4, 0.5) is 0 Å². The Morgan fingerprint density at radius 1 is 1.19 bits per heavy atom. The molecule has 5 nitrogen and oxygen atoms in total. The Hall–Kier alpha value is -1.95. The Morgan fingerprint density at radius 2 is 1.88 bits per heavy atom. The third kappa shape index (κ3) is 6.41. The summed E-state index contributed by atoms with van der Waals surface area (Å²) < 4.78 is 10.5. The molecule has 2 N–H and O–H groups in total. The summed E-state index contributed by atoms with van der Waals surface area (Å²) in [5.41, 5.74) is -0.156. The monoisotopic (exact) mass is 397 g/mol. The second-order valence-corrected chi connectivity index (χ2v) is 7.01. The molecule has 140 valence electrons. The fourth-order valence-corrected chi connectivity index (χ4v) is 2.78. The van der Waals surface area contributed by atoms with Crippen LogP contribution in [0.25, 0.3) is 0 Å². The third-order valence-corrected chi connectivity index (χ3v) is 4.19. The predicted molar refractivity (Wildman–Crippen MR) is 102 cm³/mol. The molecule has 0 aliphatic carbocycles. The first-order chi connectivity index (χ1) is 12.3. The zero-order valence-electron chi connectivity index (χ0n) is 14.6. The minimum Gasteiger partial charge on any atom is -0.497 e. The van der Waals surface area contributed by atoms with Crippen molar-refractivity contribution in [2.24, 2.45) is 0 Å². The highest BCUT2D eigenvalue weighted by Crippen LogP contribution is 2.27. The molecule has 0 fully saturated rings. The molecule has 1 unspecified atom stereocenters. The van der Waals surface area contributed by atoms with E-state index in [1.165, 1.54) is 6.07 Å². The second kappa shape index (κ2) is 9.12. The average molecular weight is 398 g/mol. The van der Waals surface area contributed by atoms with Crippen molar-refractivity contribution in [1.82, 2.24) is 5.32 Å². The molecule has 2 aromatic carbocycles. The third-order valence-electron chi connectivity index (χ3n) is 3.66. The molecular formula is C19H21Cl2NO4. The fourth-order valence-electron chi connectivity index (χ4n) is 2.32. The highest BCUT2D eigenvalue weighted by Gasteiger charge is 2.22. The van der Waals surface area contributed by atoms with Crippen LogP contribution in [0.2, 0.25) is 10.0 Å². The quantitative estimate of drug-likeness (QED) is 0.715. The standard InChI is InChI=1S/C19H21Cl2NO4/c1-19(24,10-13-3-6-15(25-2)7-4-13)12-22-18(23)11-26-17-8-5-14(20)9-16(17)21/h3-9,24H,10-12H2,1-2H3,(H,22,23). The van der Waals surface area contributed by atoms with Crippen molar-refractivity contribution in [2.75, 3.05) is 20.3 Å². The van der Waals surface area contributed by atoms with Crippen LogP contribution in [0, 0.1) is 0 Å². The SMILES string of the molecule is COc1ccc(CC(C)(O)CNC(=O)COc2ccc(Cl)cc2Cl)cc1. The van der Waals surface area contributed by atoms with Crippen LogP contribution in [0.3, 0.4) is 0 Å². The molecule has 0 bridgehead atoms. The van der Waals surface area contributed by atoms with Gasteiger partial charge in [-0.15, -0.1) is 0 Å². The molecular weight excluding hydrogens is 377 g/mol. The van der Waals surface area contributed by atoms with Gasteiger partial charge in [-0.25, -0.2) is 0 Å². The number of hydrogen-bond acceptors (Lipinski definition) is 4. The van der Waals surface area contributed by atoms with Gasteiger partial charge in [0.2, 0.25) is 0 Å². The molecule has 1 atom stereocenters. The summed E-state index contributed by atoms with van der Waals surface area (Å²) in [7, 11) is 1.60. The van der Waals surface area contributed by atoms with E-state index in [2.05, 4.69) is 5.32 Å². The van der Waals surface area contributed by atoms with Gasteiger partial charge in [-0.05, 0) is 42.8 Å². The number of carbonyl (C=O) groups is 1. The first-order valence-corrected chi connectivity index (χ1v) is 8.74. The number of methoxy groups -OCH3 is 1. The van der Waals surface area contributed by atoms with Crippen LogP contribution in [0.15, 0.2) is 42.5 Å². The summed E-state index contributed by atoms with van der Waals surface area (Å²) in [5, 5.41) is 14.0. The van der Waals surface area contributed by atoms with Crippen molar-refractivity contribution < 1.29 is 19.4 Å². The van der Waals surface area contributed by atoms with Gasteiger partial charge < -0.3 is 19.9 Å². The molecule has 0 aromatic heterocycles. The maximum atomic E-state index is 11.9. The molecule has 2 aromatic rings. The lowest BCUT2D eigenvalue weighted by Gasteiger charge is -2.24. The summed E-state index contributed by atoms with van der Waals surface area (Å²) in [5.74, 6) is 0.766. The van der Waals surface area contributed by atoms with Crippen molar-refractivity contribution in [2.45, 2.75) is 18.9 Å². The predicted octanol–water partition coefficient (Wildman–Crippen LogP) is 3.49. The Bertz CT molecular complexity index is 748. The lowest BCUT2D eigenvalue weighted by atomic mass is 9.96. The molecule has 2 rings (SSSR count). The van der Waals surface area contributed by atoms with E-state index in [1.54, 1.807) is 26.2 Å². The van der Waals surface area contributed by atoms with Gasteiger partial charge in [0.25, 0.3) is 5.91 Å². The van der Waals surface area contributed by atoms with E-state index in [9.17, 15) is 9.90 Å². The smallest absolute Gasteiger partial charge is 0.258 e. The summed E-state index contributed by atoms with van der Waals surface area (Å²) in [4.78, 5) is 11.9. The van der Waals surface area contributed by atoms with Gasteiger partial charge in [-0.3, -0.25) is 4.79 Å². The number of rotatable bonds is 8. The van der Waals surface area contributed by atoms with Crippen molar-refractivity contribution >= 4 is 29.1 Å². The molecule has 0 saturated carbocycles. The van der Waals surface area contributed by atoms with Gasteiger partial charge in [0.1, 0.15) is 11.5 Å². The number of aliphatic hydroxyl groups is 1. The van der Waals surface area contributed by atoms with E-state index in [1.807, 2.05) is 24.3 Å². The van der Waals surface area contributed by atoms with Gasteiger partial charge in [0.05, 0.1) is 17.7 Å². The number of hydrogen-bond donors (Lipinski definition) is 2. The maximum absolute atomic E-state index is 11.9. The topological polar surface area (TPSA) is 67.8 Å². The van der Waals surface area contributed by atoms with E-state index in [-0.39, 0.29) is 19.1 Å². The Morgan fingerprint density at radius 3 is 2.50 bits per heavy atom. The minimum absolute atomic E-state index is 0.0928. The van der Waals surface area contributed by atoms with Gasteiger partial charge in [-0.2, -0.15) is 0 Å². The highest BCUT2D eigenvalue weighted by atomic mass is 35.5. The highest BCUT2D eigenvalue weighted by molar-refractivity contribution is 6.35. The molecule has 26 heavy (non-hydrogen) atoms. The summed E-state index contributed by atoms with van der Waals surface area (Å²) in [6, 6.07) is 12.2. The molecule has 0 saturated heterocycles. The summed E-state index contributed by atoms with van der Waals surface area (Å²) in [6.07, 6.45) is 0.390. The zero-order chi connectivity index (χ0) is 19.2. The van der Waals surface area contributed by atoms with Gasteiger partial charge >= 0.3 is 0 Å². The van der Waals surface area contributed by atoms with Crippen molar-refractivity contribution in [3.8, 4) is 11.5 Å². The second-order valence-electron chi connectivity index (χ2n) is 6.16. The lowest BCUT2D eigenvalue weighted by Crippen LogP contribution is -2.43. The number of amides is 1. The van der Waals surface area contributed by atoms with Crippen LogP contribution in [0.5, 0.6) is 11.5 Å². The molecule has 0 spiro atoms. The maximum Gasteiger partial charge on any atom is 0.258 e. The molecule has 0 radical (unpaired) electrons. The number of ether oxygens (including phenoxy) is 2. The molecule has 7 heteroatoms. The van der Waals surface area contributed by atoms with Crippen molar-refractivity contribution in [1.29, 1.82) is 0 Å². The Kier molecular flexibility index (Phi) is 7.14. The van der Waals surface area contributed by atoms with E-state index in [0.717, 1.165) is 11.3 Å². The normalized spacial score (nSPS) is 13.0. The van der Waals surface area contributed by atoms with Crippen LogP contribution < -0.4 is 14.8 Å². The number of carbonyl (C=O) groups excluding carboxylic acids is 1. The lowest BCUT2D eigenvalue weighted by molar-refractivity contribution is -0.124.